The first-order valence-corrected chi connectivity index (χ1v) is 7.04. The van der Waals surface area contributed by atoms with E-state index in [2.05, 4.69) is 38.2 Å². The minimum Gasteiger partial charge on any atom is -0.293 e. The first kappa shape index (κ1) is 11.3. The van der Waals surface area contributed by atoms with Crippen LogP contribution < -0.4 is 4.48 Å². The molecule has 17 heavy (non-hydrogen) atoms. The second-order valence-electron chi connectivity index (χ2n) is 6.57. The van der Waals surface area contributed by atoms with Crippen LogP contribution in [0.5, 0.6) is 0 Å². The number of nitrogens with zero attached hydrogens (tertiary/aromatic N) is 1. The minimum atomic E-state index is 0.694. The number of hydrogen-bond acceptors (Lipinski definition) is 0. The van der Waals surface area contributed by atoms with Gasteiger partial charge in [-0.2, -0.15) is 0 Å². The molecule has 92 valence electrons. The Morgan fingerprint density at radius 2 is 1.65 bits per heavy atom. The molecule has 1 heterocycles. The van der Waals surface area contributed by atoms with E-state index in [0.29, 0.717) is 5.41 Å². The zero-order valence-electron chi connectivity index (χ0n) is 11.2. The lowest BCUT2D eigenvalue weighted by molar-refractivity contribution is 0.288. The van der Waals surface area contributed by atoms with Crippen molar-refractivity contribution in [2.75, 3.05) is 20.1 Å². The van der Waals surface area contributed by atoms with Crippen molar-refractivity contribution in [3.63, 3.8) is 0 Å². The summed E-state index contributed by atoms with van der Waals surface area (Å²) in [5, 5.41) is 0. The molecule has 1 spiro atoms. The summed E-state index contributed by atoms with van der Waals surface area (Å²) in [7, 11) is 2.43. The maximum Gasteiger partial charge on any atom is 0.132 e. The summed E-state index contributed by atoms with van der Waals surface area (Å²) in [6.07, 6.45) is 7.33. The zero-order valence-corrected chi connectivity index (χ0v) is 11.2. The molecule has 1 saturated carbocycles. The largest absolute Gasteiger partial charge is 0.293 e. The van der Waals surface area contributed by atoms with Crippen LogP contribution in [-0.4, -0.2) is 20.1 Å². The van der Waals surface area contributed by atoms with E-state index < -0.39 is 0 Å². The molecule has 1 saturated heterocycles. The molecule has 0 radical (unpaired) electrons. The van der Waals surface area contributed by atoms with Crippen molar-refractivity contribution in [1.29, 1.82) is 0 Å². The highest BCUT2D eigenvalue weighted by atomic mass is 15.4. The van der Waals surface area contributed by atoms with Crippen molar-refractivity contribution in [1.82, 2.24) is 4.48 Å². The predicted octanol–water partition coefficient (Wildman–Crippen LogP) is 3.90. The molecular weight excluding hydrogens is 206 g/mol. The van der Waals surface area contributed by atoms with Crippen LogP contribution in [0.25, 0.3) is 0 Å². The lowest BCUT2D eigenvalue weighted by Crippen LogP contribution is -2.44. The number of likely N-dealkylation sites (tertiary alicyclic amines) is 1. The van der Waals surface area contributed by atoms with E-state index in [1.807, 2.05) is 0 Å². The molecule has 1 aromatic carbocycles. The second-order valence-corrected chi connectivity index (χ2v) is 6.57. The van der Waals surface area contributed by atoms with Crippen molar-refractivity contribution in [3.8, 4) is 0 Å². The highest BCUT2D eigenvalue weighted by Crippen LogP contribution is 2.48. The normalized spacial score (nSPS) is 31.2. The molecule has 0 N–H and O–H groups in total. The topological polar surface area (TPSA) is 0 Å². The zero-order chi connectivity index (χ0) is 11.9. The first-order chi connectivity index (χ1) is 8.12. The summed E-state index contributed by atoms with van der Waals surface area (Å²) in [5.74, 6) is 0. The molecular formula is C16H24N+. The lowest BCUT2D eigenvalue weighted by atomic mass is 9.85. The van der Waals surface area contributed by atoms with Gasteiger partial charge in [0, 0.05) is 11.8 Å². The molecule has 2 fully saturated rings. The molecule has 1 heteroatoms. The molecule has 1 aromatic rings. The summed E-state index contributed by atoms with van der Waals surface area (Å²) in [6.45, 7) is 4.88. The van der Waals surface area contributed by atoms with Crippen molar-refractivity contribution < 1.29 is 0 Å². The number of quaternary nitrogens is 1. The number of benzene rings is 1. The van der Waals surface area contributed by atoms with E-state index >= 15 is 0 Å². The van der Waals surface area contributed by atoms with Crippen LogP contribution in [0.15, 0.2) is 24.3 Å². The molecule has 1 aliphatic heterocycles. The molecule has 1 unspecified atom stereocenters. The SMILES string of the molecule is Cc1ccc([N+]2(C)CCC3(CCCC3)C2)cc1. The highest BCUT2D eigenvalue weighted by molar-refractivity contribution is 5.45. The van der Waals surface area contributed by atoms with Crippen LogP contribution in [0.3, 0.4) is 0 Å². The fraction of sp³-hybridized carbons (Fsp3) is 0.625. The Morgan fingerprint density at radius 1 is 1.00 bits per heavy atom. The van der Waals surface area contributed by atoms with Crippen LogP contribution in [0.2, 0.25) is 0 Å². The van der Waals surface area contributed by atoms with Crippen molar-refractivity contribution in [3.05, 3.63) is 29.8 Å². The third-order valence-corrected chi connectivity index (χ3v) is 5.14. The van der Waals surface area contributed by atoms with E-state index in [9.17, 15) is 0 Å². The number of hydrogen-bond donors (Lipinski definition) is 0. The Hall–Kier alpha value is -0.820. The van der Waals surface area contributed by atoms with Gasteiger partial charge in [-0.15, -0.1) is 0 Å². The monoisotopic (exact) mass is 230 g/mol. The van der Waals surface area contributed by atoms with E-state index in [1.54, 1.807) is 0 Å². The minimum absolute atomic E-state index is 0.694. The molecule has 1 atom stereocenters. The van der Waals surface area contributed by atoms with Gasteiger partial charge < -0.3 is 0 Å². The molecule has 1 aliphatic carbocycles. The summed E-state index contributed by atoms with van der Waals surface area (Å²) in [6, 6.07) is 9.20. The highest BCUT2D eigenvalue weighted by Gasteiger charge is 2.48. The van der Waals surface area contributed by atoms with Crippen LogP contribution in [-0.2, 0) is 0 Å². The maximum atomic E-state index is 2.43. The second kappa shape index (κ2) is 3.84. The summed E-state index contributed by atoms with van der Waals surface area (Å²) >= 11 is 0. The number of aryl methyl sites for hydroxylation is 1. The fourth-order valence-electron chi connectivity index (χ4n) is 4.04. The maximum absolute atomic E-state index is 2.43. The lowest BCUT2D eigenvalue weighted by Gasteiger charge is -2.31. The van der Waals surface area contributed by atoms with E-state index in [-0.39, 0.29) is 0 Å². The van der Waals surface area contributed by atoms with E-state index in [4.69, 9.17) is 0 Å². The van der Waals surface area contributed by atoms with Crippen LogP contribution in [0.1, 0.15) is 37.7 Å². The van der Waals surface area contributed by atoms with Crippen molar-refractivity contribution in [2.45, 2.75) is 39.0 Å². The first-order valence-electron chi connectivity index (χ1n) is 7.04. The molecule has 1 nitrogen and oxygen atoms in total. The summed E-state index contributed by atoms with van der Waals surface area (Å²) in [5.41, 5.74) is 3.58. The summed E-state index contributed by atoms with van der Waals surface area (Å²) < 4.78 is 1.17. The Labute approximate surface area is 105 Å². The van der Waals surface area contributed by atoms with Gasteiger partial charge in [0.1, 0.15) is 5.69 Å². The average molecular weight is 230 g/mol. The molecule has 3 rings (SSSR count). The average Bonchev–Trinajstić information content (AvgIpc) is 2.89. The van der Waals surface area contributed by atoms with Gasteiger partial charge in [0.15, 0.2) is 0 Å². The van der Waals surface area contributed by atoms with Gasteiger partial charge in [-0.05, 0) is 31.9 Å². The molecule has 0 amide bonds. The van der Waals surface area contributed by atoms with Gasteiger partial charge in [0.2, 0.25) is 0 Å². The van der Waals surface area contributed by atoms with E-state index in [1.165, 1.54) is 60.9 Å². The standard InChI is InChI=1S/C16H24N/c1-14-5-7-15(8-6-14)17(2)12-11-16(13-17)9-3-4-10-16/h5-8H,3-4,9-13H2,1-2H3/q+1. The van der Waals surface area contributed by atoms with Crippen LogP contribution in [0, 0.1) is 12.3 Å². The van der Waals surface area contributed by atoms with Gasteiger partial charge in [0.25, 0.3) is 0 Å². The van der Waals surface area contributed by atoms with E-state index in [0.717, 1.165) is 0 Å². The Morgan fingerprint density at radius 3 is 2.29 bits per heavy atom. The van der Waals surface area contributed by atoms with Crippen LogP contribution >= 0.6 is 0 Å². The number of rotatable bonds is 1. The molecule has 0 aromatic heterocycles. The van der Waals surface area contributed by atoms with Crippen molar-refractivity contribution in [2.24, 2.45) is 5.41 Å². The smallest absolute Gasteiger partial charge is 0.132 e. The predicted molar refractivity (Wildman–Crippen MR) is 74.1 cm³/mol. The quantitative estimate of drug-likeness (QED) is 0.642. The van der Waals surface area contributed by atoms with Crippen LogP contribution in [0.4, 0.5) is 5.69 Å². The molecule has 0 bridgehead atoms. The van der Waals surface area contributed by atoms with Crippen molar-refractivity contribution >= 4 is 5.69 Å². The molecule has 2 aliphatic rings. The Balaban J connectivity index is 1.85. The Bertz CT molecular complexity index is 400. The summed E-state index contributed by atoms with van der Waals surface area (Å²) in [4.78, 5) is 0. The third kappa shape index (κ3) is 1.91. The van der Waals surface area contributed by atoms with Gasteiger partial charge >= 0.3 is 0 Å². The van der Waals surface area contributed by atoms with Gasteiger partial charge in [-0.1, -0.05) is 30.5 Å². The van der Waals surface area contributed by atoms with Gasteiger partial charge in [-0.3, -0.25) is 4.48 Å². The Kier molecular flexibility index (Phi) is 2.55. The van der Waals surface area contributed by atoms with Gasteiger partial charge in [-0.25, -0.2) is 0 Å². The van der Waals surface area contributed by atoms with Gasteiger partial charge in [0.05, 0.1) is 20.1 Å². The fourth-order valence-corrected chi connectivity index (χ4v) is 4.04. The third-order valence-electron chi connectivity index (χ3n) is 5.14.